The van der Waals surface area contributed by atoms with Crippen molar-refractivity contribution in [1.29, 1.82) is 0 Å². The lowest BCUT2D eigenvalue weighted by Crippen LogP contribution is -2.31. The molecule has 1 saturated carbocycles. The highest BCUT2D eigenvalue weighted by molar-refractivity contribution is 5.95. The van der Waals surface area contributed by atoms with E-state index in [1.54, 1.807) is 23.3 Å². The van der Waals surface area contributed by atoms with Crippen molar-refractivity contribution < 1.29 is 9.53 Å². The maximum Gasteiger partial charge on any atom is 0.252 e. The van der Waals surface area contributed by atoms with E-state index in [1.807, 2.05) is 19.3 Å². The molecule has 0 aliphatic heterocycles. The number of carbonyl (C=O) groups is 1. The van der Waals surface area contributed by atoms with Crippen LogP contribution in [0, 0.1) is 5.92 Å². The number of hydrogen-bond acceptors (Lipinski definition) is 4. The van der Waals surface area contributed by atoms with Gasteiger partial charge in [0.25, 0.3) is 5.91 Å². The molecule has 25 heavy (non-hydrogen) atoms. The Kier molecular flexibility index (Phi) is 5.81. The number of carbonyl (C=O) groups excluding carboxylic acids is 1. The van der Waals surface area contributed by atoms with Gasteiger partial charge in [0.1, 0.15) is 0 Å². The molecule has 0 bridgehead atoms. The molecule has 6 heteroatoms. The van der Waals surface area contributed by atoms with Crippen LogP contribution in [0.5, 0.6) is 0 Å². The molecule has 134 valence electrons. The smallest absolute Gasteiger partial charge is 0.252 e. The van der Waals surface area contributed by atoms with Crippen LogP contribution in [0.2, 0.25) is 0 Å². The third-order valence-electron chi connectivity index (χ3n) is 4.79. The highest BCUT2D eigenvalue weighted by Crippen LogP contribution is 2.26. The van der Waals surface area contributed by atoms with Crippen LogP contribution in [-0.4, -0.2) is 39.9 Å². The predicted molar refractivity (Wildman–Crippen MR) is 96.1 cm³/mol. The SMILES string of the molecule is C[C@H]1CCCC[C@@H]1OCCNC(=O)c1cncc(-c2cnn(C)c2)c1. The van der Waals surface area contributed by atoms with E-state index in [1.165, 1.54) is 19.3 Å². The second-order valence-electron chi connectivity index (χ2n) is 6.79. The van der Waals surface area contributed by atoms with Crippen molar-refractivity contribution in [2.45, 2.75) is 38.7 Å². The maximum atomic E-state index is 12.3. The van der Waals surface area contributed by atoms with Gasteiger partial charge in [-0.25, -0.2) is 0 Å². The van der Waals surface area contributed by atoms with Gasteiger partial charge in [0.15, 0.2) is 0 Å². The second-order valence-corrected chi connectivity index (χ2v) is 6.79. The topological polar surface area (TPSA) is 69.0 Å². The quantitative estimate of drug-likeness (QED) is 0.820. The summed E-state index contributed by atoms with van der Waals surface area (Å²) in [5.41, 5.74) is 2.37. The molecular weight excluding hydrogens is 316 g/mol. The second kappa shape index (κ2) is 8.25. The van der Waals surface area contributed by atoms with Crippen LogP contribution < -0.4 is 5.32 Å². The first kappa shape index (κ1) is 17.6. The molecule has 1 N–H and O–H groups in total. The van der Waals surface area contributed by atoms with E-state index in [2.05, 4.69) is 22.3 Å². The molecule has 1 amide bonds. The lowest BCUT2D eigenvalue weighted by atomic mass is 9.88. The van der Waals surface area contributed by atoms with Crippen molar-refractivity contribution in [1.82, 2.24) is 20.1 Å². The first-order valence-electron chi connectivity index (χ1n) is 8.97. The molecule has 1 aliphatic carbocycles. The zero-order valence-corrected chi connectivity index (χ0v) is 14.9. The maximum absolute atomic E-state index is 12.3. The van der Waals surface area contributed by atoms with Gasteiger partial charge in [0, 0.05) is 43.3 Å². The Labute approximate surface area is 148 Å². The fourth-order valence-corrected chi connectivity index (χ4v) is 3.30. The van der Waals surface area contributed by atoms with Crippen molar-refractivity contribution >= 4 is 5.91 Å². The molecule has 3 rings (SSSR count). The molecule has 1 fully saturated rings. The number of nitrogens with zero attached hydrogens (tertiary/aromatic N) is 3. The minimum Gasteiger partial charge on any atom is -0.376 e. The van der Waals surface area contributed by atoms with E-state index in [9.17, 15) is 4.79 Å². The van der Waals surface area contributed by atoms with Crippen molar-refractivity contribution in [2.75, 3.05) is 13.2 Å². The lowest BCUT2D eigenvalue weighted by Gasteiger charge is -2.28. The molecule has 1 aliphatic rings. The number of aromatic nitrogens is 3. The molecule has 2 aromatic rings. The van der Waals surface area contributed by atoms with Gasteiger partial charge in [-0.05, 0) is 24.8 Å². The Morgan fingerprint density at radius 2 is 2.12 bits per heavy atom. The Morgan fingerprint density at radius 3 is 2.88 bits per heavy atom. The molecule has 2 aromatic heterocycles. The van der Waals surface area contributed by atoms with E-state index >= 15 is 0 Å². The summed E-state index contributed by atoms with van der Waals surface area (Å²) in [6, 6.07) is 1.84. The minimum absolute atomic E-state index is 0.126. The summed E-state index contributed by atoms with van der Waals surface area (Å²) in [6.07, 6.45) is 12.2. The Bertz CT molecular complexity index is 713. The molecule has 0 aromatic carbocycles. The van der Waals surface area contributed by atoms with E-state index in [4.69, 9.17) is 4.74 Å². The Morgan fingerprint density at radius 1 is 1.28 bits per heavy atom. The van der Waals surface area contributed by atoms with Gasteiger partial charge in [-0.3, -0.25) is 14.5 Å². The number of nitrogens with one attached hydrogen (secondary N) is 1. The monoisotopic (exact) mass is 342 g/mol. The Hall–Kier alpha value is -2.21. The fourth-order valence-electron chi connectivity index (χ4n) is 3.30. The van der Waals surface area contributed by atoms with Crippen molar-refractivity contribution in [3.8, 4) is 11.1 Å². The van der Waals surface area contributed by atoms with Crippen LogP contribution in [0.1, 0.15) is 43.0 Å². The van der Waals surface area contributed by atoms with Gasteiger partial charge in [-0.15, -0.1) is 0 Å². The summed E-state index contributed by atoms with van der Waals surface area (Å²) in [5, 5.41) is 7.06. The average Bonchev–Trinajstić information content (AvgIpc) is 3.06. The normalized spacial score (nSPS) is 20.4. The number of rotatable bonds is 6. The van der Waals surface area contributed by atoms with Gasteiger partial charge in [0.2, 0.25) is 0 Å². The largest absolute Gasteiger partial charge is 0.376 e. The summed E-state index contributed by atoms with van der Waals surface area (Å²) >= 11 is 0. The van der Waals surface area contributed by atoms with E-state index < -0.39 is 0 Å². The van der Waals surface area contributed by atoms with E-state index in [0.717, 1.165) is 17.5 Å². The van der Waals surface area contributed by atoms with Crippen LogP contribution in [0.15, 0.2) is 30.9 Å². The Balaban J connectivity index is 1.50. The average molecular weight is 342 g/mol. The standard InChI is InChI=1S/C19H26N4O2/c1-14-5-3-4-6-18(14)25-8-7-21-19(24)16-9-15(10-20-11-16)17-12-22-23(2)13-17/h9-14,18H,3-8H2,1-2H3,(H,21,24)/t14-,18-/m0/s1. The summed E-state index contributed by atoms with van der Waals surface area (Å²) in [4.78, 5) is 16.5. The summed E-state index contributed by atoms with van der Waals surface area (Å²) in [5.74, 6) is 0.489. The molecule has 0 radical (unpaired) electrons. The van der Waals surface area contributed by atoms with Crippen molar-refractivity contribution in [3.63, 3.8) is 0 Å². The molecule has 2 atom stereocenters. The number of ether oxygens (including phenoxy) is 1. The van der Waals surface area contributed by atoms with Gasteiger partial charge in [-0.1, -0.05) is 19.8 Å². The minimum atomic E-state index is -0.126. The van der Waals surface area contributed by atoms with E-state index in [-0.39, 0.29) is 5.91 Å². The zero-order chi connectivity index (χ0) is 17.6. The van der Waals surface area contributed by atoms with Crippen LogP contribution in [0.4, 0.5) is 0 Å². The summed E-state index contributed by atoms with van der Waals surface area (Å²) in [6.45, 7) is 3.31. The predicted octanol–water partition coefficient (Wildman–Crippen LogP) is 2.81. The van der Waals surface area contributed by atoms with Crippen molar-refractivity contribution in [2.24, 2.45) is 13.0 Å². The number of pyridine rings is 1. The molecule has 0 spiro atoms. The number of aryl methyl sites for hydroxylation is 1. The van der Waals surface area contributed by atoms with Gasteiger partial charge in [-0.2, -0.15) is 5.10 Å². The van der Waals surface area contributed by atoms with Crippen LogP contribution in [-0.2, 0) is 11.8 Å². The molecular formula is C19H26N4O2. The number of amides is 1. The number of hydrogen-bond donors (Lipinski definition) is 1. The first-order chi connectivity index (χ1) is 12.1. The highest BCUT2D eigenvalue weighted by Gasteiger charge is 2.21. The summed E-state index contributed by atoms with van der Waals surface area (Å²) in [7, 11) is 1.86. The molecule has 0 unspecified atom stereocenters. The molecule has 0 saturated heterocycles. The van der Waals surface area contributed by atoms with Gasteiger partial charge < -0.3 is 10.1 Å². The molecule has 2 heterocycles. The fraction of sp³-hybridized carbons (Fsp3) is 0.526. The molecule has 6 nitrogen and oxygen atoms in total. The van der Waals surface area contributed by atoms with Crippen LogP contribution in [0.3, 0.4) is 0 Å². The third-order valence-corrected chi connectivity index (χ3v) is 4.79. The lowest BCUT2D eigenvalue weighted by molar-refractivity contribution is -0.00293. The van der Waals surface area contributed by atoms with Gasteiger partial charge >= 0.3 is 0 Å². The van der Waals surface area contributed by atoms with Gasteiger partial charge in [0.05, 0.1) is 24.5 Å². The van der Waals surface area contributed by atoms with E-state index in [0.29, 0.717) is 30.7 Å². The zero-order valence-electron chi connectivity index (χ0n) is 14.9. The summed E-state index contributed by atoms with van der Waals surface area (Å²) < 4.78 is 7.66. The van der Waals surface area contributed by atoms with Crippen LogP contribution in [0.25, 0.3) is 11.1 Å². The van der Waals surface area contributed by atoms with Crippen LogP contribution >= 0.6 is 0 Å². The van der Waals surface area contributed by atoms with Crippen molar-refractivity contribution in [3.05, 3.63) is 36.4 Å². The third kappa shape index (κ3) is 4.66. The first-order valence-corrected chi connectivity index (χ1v) is 8.97. The highest BCUT2D eigenvalue weighted by atomic mass is 16.5.